The van der Waals surface area contributed by atoms with Gasteiger partial charge in [-0.1, -0.05) is 29.8 Å². The average molecular weight is 364 g/mol. The van der Waals surface area contributed by atoms with E-state index in [4.69, 9.17) is 16.3 Å². The Labute approximate surface area is 150 Å². The number of thiophene rings is 1. The van der Waals surface area contributed by atoms with Crippen molar-refractivity contribution in [3.63, 3.8) is 0 Å². The number of carbonyl (C=O) groups excluding carboxylic acids is 2. The van der Waals surface area contributed by atoms with Crippen LogP contribution in [0, 0.1) is 6.92 Å². The molecule has 4 nitrogen and oxygen atoms in total. The quantitative estimate of drug-likeness (QED) is 0.624. The summed E-state index contributed by atoms with van der Waals surface area (Å²) in [7, 11) is 0. The first-order valence-electron chi connectivity index (χ1n) is 7.42. The lowest BCUT2D eigenvalue weighted by Gasteiger charge is -2.12. The van der Waals surface area contributed by atoms with Crippen LogP contribution >= 0.6 is 22.9 Å². The average Bonchev–Trinajstić information content (AvgIpc) is 2.97. The Kier molecular flexibility index (Phi) is 6.58. The van der Waals surface area contributed by atoms with E-state index in [0.29, 0.717) is 5.02 Å². The van der Waals surface area contributed by atoms with Gasteiger partial charge in [0, 0.05) is 27.4 Å². The van der Waals surface area contributed by atoms with Crippen molar-refractivity contribution in [2.75, 3.05) is 0 Å². The van der Waals surface area contributed by atoms with Crippen LogP contribution in [0.1, 0.15) is 22.2 Å². The van der Waals surface area contributed by atoms with Crippen LogP contribution in [0.15, 0.2) is 42.5 Å². The highest BCUT2D eigenvalue weighted by Gasteiger charge is 2.16. The lowest BCUT2D eigenvalue weighted by molar-refractivity contribution is -0.150. The van der Waals surface area contributed by atoms with Crippen LogP contribution in [0.4, 0.5) is 0 Å². The van der Waals surface area contributed by atoms with Crippen LogP contribution in [-0.4, -0.2) is 18.0 Å². The van der Waals surface area contributed by atoms with Crippen molar-refractivity contribution >= 4 is 40.9 Å². The lowest BCUT2D eigenvalue weighted by atomic mass is 10.2. The maximum absolute atomic E-state index is 12.0. The van der Waals surface area contributed by atoms with Gasteiger partial charge in [0.05, 0.1) is 0 Å². The van der Waals surface area contributed by atoms with Crippen LogP contribution in [0.3, 0.4) is 0 Å². The fraction of sp³-hybridized carbons (Fsp3) is 0.222. The van der Waals surface area contributed by atoms with E-state index in [1.165, 1.54) is 13.0 Å². The monoisotopic (exact) mass is 363 g/mol. The van der Waals surface area contributed by atoms with Gasteiger partial charge in [-0.25, -0.2) is 4.79 Å². The highest BCUT2D eigenvalue weighted by atomic mass is 35.5. The van der Waals surface area contributed by atoms with Crippen molar-refractivity contribution in [3.8, 4) is 0 Å². The summed E-state index contributed by atoms with van der Waals surface area (Å²) in [6.07, 6.45) is 2.12. The Balaban J connectivity index is 1.81. The van der Waals surface area contributed by atoms with Gasteiger partial charge in [0.25, 0.3) is 5.91 Å². The fourth-order valence-electron chi connectivity index (χ4n) is 1.93. The van der Waals surface area contributed by atoms with Crippen molar-refractivity contribution < 1.29 is 14.3 Å². The number of hydrogen-bond donors (Lipinski definition) is 1. The van der Waals surface area contributed by atoms with E-state index in [1.807, 2.05) is 37.3 Å². The van der Waals surface area contributed by atoms with Gasteiger partial charge >= 0.3 is 5.97 Å². The molecule has 0 aliphatic heterocycles. The van der Waals surface area contributed by atoms with E-state index in [0.717, 1.165) is 15.3 Å². The molecule has 0 radical (unpaired) electrons. The summed E-state index contributed by atoms with van der Waals surface area (Å²) < 4.78 is 5.09. The van der Waals surface area contributed by atoms with Gasteiger partial charge in [0.2, 0.25) is 0 Å². The summed E-state index contributed by atoms with van der Waals surface area (Å²) in [5.74, 6) is -0.926. The minimum absolute atomic E-state index is 0.282. The standard InChI is InChI=1S/C18H18ClNO3S/c1-12-7-8-15(24-12)9-10-17(21)23-13(2)18(22)20-11-14-5-3-4-6-16(14)19/h3-10,13H,11H2,1-2H3,(H,20,22)/b10-9+. The normalized spacial score (nSPS) is 12.1. The molecular weight excluding hydrogens is 346 g/mol. The minimum Gasteiger partial charge on any atom is -0.449 e. The van der Waals surface area contributed by atoms with Gasteiger partial charge in [-0.05, 0) is 43.7 Å². The third-order valence-corrected chi connectivity index (χ3v) is 4.55. The molecule has 0 aliphatic carbocycles. The summed E-state index contributed by atoms with van der Waals surface area (Å²) >= 11 is 7.60. The van der Waals surface area contributed by atoms with E-state index >= 15 is 0 Å². The molecule has 0 aliphatic rings. The Morgan fingerprint density at radius 3 is 2.71 bits per heavy atom. The van der Waals surface area contributed by atoms with Crippen molar-refractivity contribution in [2.45, 2.75) is 26.5 Å². The second kappa shape index (κ2) is 8.66. The number of carbonyl (C=O) groups is 2. The number of esters is 1. The molecule has 24 heavy (non-hydrogen) atoms. The maximum Gasteiger partial charge on any atom is 0.331 e. The highest BCUT2D eigenvalue weighted by Crippen LogP contribution is 2.16. The number of nitrogens with one attached hydrogen (secondary N) is 1. The molecule has 0 fully saturated rings. The SMILES string of the molecule is Cc1ccc(/C=C/C(=O)OC(C)C(=O)NCc2ccccc2Cl)s1. The Hall–Kier alpha value is -2.11. The molecule has 1 amide bonds. The maximum atomic E-state index is 12.0. The molecule has 0 bridgehead atoms. The molecule has 1 aromatic heterocycles. The molecule has 2 rings (SSSR count). The van der Waals surface area contributed by atoms with Gasteiger partial charge in [0.15, 0.2) is 6.10 Å². The molecular formula is C18H18ClNO3S. The van der Waals surface area contributed by atoms with Crippen molar-refractivity contribution in [1.82, 2.24) is 5.32 Å². The largest absolute Gasteiger partial charge is 0.449 e. The zero-order valence-electron chi connectivity index (χ0n) is 13.4. The van der Waals surface area contributed by atoms with Crippen LogP contribution in [0.2, 0.25) is 5.02 Å². The van der Waals surface area contributed by atoms with E-state index in [-0.39, 0.29) is 12.5 Å². The molecule has 0 saturated carbocycles. The molecule has 6 heteroatoms. The first-order chi connectivity index (χ1) is 11.5. The van der Waals surface area contributed by atoms with Crippen LogP contribution < -0.4 is 5.32 Å². The lowest BCUT2D eigenvalue weighted by Crippen LogP contribution is -2.35. The number of aryl methyl sites for hydroxylation is 1. The highest BCUT2D eigenvalue weighted by molar-refractivity contribution is 7.12. The Morgan fingerprint density at radius 1 is 1.29 bits per heavy atom. The number of amides is 1. The third-order valence-electron chi connectivity index (χ3n) is 3.22. The van der Waals surface area contributed by atoms with E-state index in [2.05, 4.69) is 5.32 Å². The summed E-state index contributed by atoms with van der Waals surface area (Å²) in [4.78, 5) is 25.9. The summed E-state index contributed by atoms with van der Waals surface area (Å²) in [5.41, 5.74) is 0.805. The third kappa shape index (κ3) is 5.51. The molecule has 1 unspecified atom stereocenters. The summed E-state index contributed by atoms with van der Waals surface area (Å²) in [6.45, 7) is 3.80. The summed E-state index contributed by atoms with van der Waals surface area (Å²) in [6, 6.07) is 11.1. The number of hydrogen-bond acceptors (Lipinski definition) is 4. The molecule has 1 heterocycles. The van der Waals surface area contributed by atoms with Crippen LogP contribution in [0.25, 0.3) is 6.08 Å². The molecule has 0 spiro atoms. The molecule has 1 N–H and O–H groups in total. The first-order valence-corrected chi connectivity index (χ1v) is 8.61. The van der Waals surface area contributed by atoms with Crippen molar-refractivity contribution in [3.05, 3.63) is 62.8 Å². The van der Waals surface area contributed by atoms with E-state index in [1.54, 1.807) is 23.5 Å². The van der Waals surface area contributed by atoms with Gasteiger partial charge in [-0.3, -0.25) is 4.79 Å². The van der Waals surface area contributed by atoms with Gasteiger partial charge in [-0.15, -0.1) is 11.3 Å². The number of ether oxygens (including phenoxy) is 1. The Bertz CT molecular complexity index is 754. The molecule has 1 aromatic carbocycles. The summed E-state index contributed by atoms with van der Waals surface area (Å²) in [5, 5.41) is 3.28. The van der Waals surface area contributed by atoms with Gasteiger partial charge in [0.1, 0.15) is 0 Å². The molecule has 126 valence electrons. The predicted octanol–water partition coefficient (Wildman–Crippen LogP) is 3.97. The zero-order valence-corrected chi connectivity index (χ0v) is 15.0. The second-order valence-electron chi connectivity index (χ2n) is 5.17. The van der Waals surface area contributed by atoms with Crippen LogP contribution in [0.5, 0.6) is 0 Å². The van der Waals surface area contributed by atoms with E-state index in [9.17, 15) is 9.59 Å². The smallest absolute Gasteiger partial charge is 0.331 e. The minimum atomic E-state index is -0.880. The van der Waals surface area contributed by atoms with Crippen molar-refractivity contribution in [1.29, 1.82) is 0 Å². The first kappa shape index (κ1) is 18.2. The second-order valence-corrected chi connectivity index (χ2v) is 6.90. The molecule has 1 atom stereocenters. The number of rotatable bonds is 6. The zero-order chi connectivity index (χ0) is 17.5. The van der Waals surface area contributed by atoms with Crippen LogP contribution in [-0.2, 0) is 20.9 Å². The fourth-order valence-corrected chi connectivity index (χ4v) is 2.91. The topological polar surface area (TPSA) is 55.4 Å². The molecule has 0 saturated heterocycles. The van der Waals surface area contributed by atoms with Gasteiger partial charge < -0.3 is 10.1 Å². The van der Waals surface area contributed by atoms with Crippen molar-refractivity contribution in [2.24, 2.45) is 0 Å². The Morgan fingerprint density at radius 2 is 2.04 bits per heavy atom. The number of benzene rings is 1. The van der Waals surface area contributed by atoms with Gasteiger partial charge in [-0.2, -0.15) is 0 Å². The predicted molar refractivity (Wildman–Crippen MR) is 96.9 cm³/mol. The number of halogens is 1. The van der Waals surface area contributed by atoms with E-state index < -0.39 is 12.1 Å². The molecule has 2 aromatic rings.